The summed E-state index contributed by atoms with van der Waals surface area (Å²) in [5.74, 6) is -0.880. The van der Waals surface area contributed by atoms with Gasteiger partial charge in [0.25, 0.3) is 15.9 Å². The normalized spacial score (nSPS) is 14.1. The molecular weight excluding hydrogens is 406 g/mol. The fourth-order valence-electron chi connectivity index (χ4n) is 3.28. The lowest BCUT2D eigenvalue weighted by atomic mass is 10.1. The summed E-state index contributed by atoms with van der Waals surface area (Å²) in [6.07, 6.45) is 0.301. The van der Waals surface area contributed by atoms with Gasteiger partial charge >= 0.3 is 0 Å². The minimum atomic E-state index is -3.98. The molecule has 1 aliphatic heterocycles. The number of hydrogen-bond donors (Lipinski definition) is 1. The Morgan fingerprint density at radius 2 is 1.53 bits per heavy atom. The molecule has 0 radical (unpaired) electrons. The molecule has 9 heteroatoms. The van der Waals surface area contributed by atoms with Crippen LogP contribution in [0.15, 0.2) is 53.4 Å². The number of anilines is 2. The lowest BCUT2D eigenvalue weighted by molar-refractivity contribution is -0.121. The average molecular weight is 429 g/mol. The number of nitrogens with one attached hydrogen (secondary N) is 1. The SMILES string of the molecule is CCN(CC)C(=O)c1ccccc1NS(=O)(=O)c1ccc(N2C(=O)CCC2=O)cc1. The molecule has 1 aliphatic rings. The van der Waals surface area contributed by atoms with Crippen molar-refractivity contribution < 1.29 is 22.8 Å². The first-order chi connectivity index (χ1) is 14.3. The Morgan fingerprint density at radius 3 is 2.10 bits per heavy atom. The molecule has 0 spiro atoms. The third-order valence-electron chi connectivity index (χ3n) is 4.91. The van der Waals surface area contributed by atoms with Crippen LogP contribution in [0.4, 0.5) is 11.4 Å². The van der Waals surface area contributed by atoms with Gasteiger partial charge in [-0.3, -0.25) is 24.0 Å². The van der Waals surface area contributed by atoms with E-state index in [1.165, 1.54) is 30.3 Å². The van der Waals surface area contributed by atoms with Gasteiger partial charge < -0.3 is 4.90 Å². The molecule has 3 amide bonds. The van der Waals surface area contributed by atoms with Crippen molar-refractivity contribution in [1.29, 1.82) is 0 Å². The monoisotopic (exact) mass is 429 g/mol. The number of rotatable bonds is 7. The van der Waals surface area contributed by atoms with Gasteiger partial charge in [0.15, 0.2) is 0 Å². The van der Waals surface area contributed by atoms with Crippen LogP contribution >= 0.6 is 0 Å². The van der Waals surface area contributed by atoms with E-state index < -0.39 is 10.0 Å². The van der Waals surface area contributed by atoms with Crippen LogP contribution in [0.2, 0.25) is 0 Å². The highest BCUT2D eigenvalue weighted by Crippen LogP contribution is 2.26. The molecule has 0 unspecified atom stereocenters. The Labute approximate surface area is 175 Å². The molecule has 0 saturated carbocycles. The number of hydrogen-bond acceptors (Lipinski definition) is 5. The Balaban J connectivity index is 1.87. The number of amides is 3. The number of carbonyl (C=O) groups is 3. The second kappa shape index (κ2) is 8.66. The number of para-hydroxylation sites is 1. The molecule has 8 nitrogen and oxygen atoms in total. The standard InChI is InChI=1S/C21H23N3O5S/c1-3-23(4-2)21(27)17-7-5-6-8-18(17)22-30(28,29)16-11-9-15(10-12-16)24-19(25)13-14-20(24)26/h5-12,22H,3-4,13-14H2,1-2H3. The molecule has 0 bridgehead atoms. The highest BCUT2D eigenvalue weighted by Gasteiger charge is 2.30. The first-order valence-electron chi connectivity index (χ1n) is 9.65. The van der Waals surface area contributed by atoms with Crippen molar-refractivity contribution >= 4 is 39.1 Å². The Morgan fingerprint density at radius 1 is 0.967 bits per heavy atom. The van der Waals surface area contributed by atoms with Gasteiger partial charge in [-0.15, -0.1) is 0 Å². The molecule has 0 aliphatic carbocycles. The minimum Gasteiger partial charge on any atom is -0.339 e. The van der Waals surface area contributed by atoms with E-state index in [2.05, 4.69) is 4.72 Å². The van der Waals surface area contributed by atoms with Gasteiger partial charge in [0.1, 0.15) is 0 Å². The van der Waals surface area contributed by atoms with Gasteiger partial charge in [-0.05, 0) is 50.2 Å². The molecule has 0 atom stereocenters. The lowest BCUT2D eigenvalue weighted by Crippen LogP contribution is -2.31. The molecule has 30 heavy (non-hydrogen) atoms. The van der Waals surface area contributed by atoms with Crippen LogP contribution < -0.4 is 9.62 Å². The van der Waals surface area contributed by atoms with E-state index >= 15 is 0 Å². The van der Waals surface area contributed by atoms with Gasteiger partial charge in [0, 0.05) is 25.9 Å². The maximum atomic E-state index is 12.9. The first-order valence-corrected chi connectivity index (χ1v) is 11.1. The van der Waals surface area contributed by atoms with E-state index in [-0.39, 0.29) is 46.7 Å². The zero-order valence-corrected chi connectivity index (χ0v) is 17.6. The first kappa shape index (κ1) is 21.5. The van der Waals surface area contributed by atoms with Crippen LogP contribution in [0.1, 0.15) is 37.0 Å². The fraction of sp³-hybridized carbons (Fsp3) is 0.286. The summed E-state index contributed by atoms with van der Waals surface area (Å²) in [4.78, 5) is 39.0. The summed E-state index contributed by atoms with van der Waals surface area (Å²) in [5.41, 5.74) is 0.775. The number of benzene rings is 2. The maximum absolute atomic E-state index is 12.9. The van der Waals surface area contributed by atoms with E-state index in [0.29, 0.717) is 18.8 Å². The second-order valence-electron chi connectivity index (χ2n) is 6.75. The molecule has 1 N–H and O–H groups in total. The molecule has 1 saturated heterocycles. The lowest BCUT2D eigenvalue weighted by Gasteiger charge is -2.21. The fourth-order valence-corrected chi connectivity index (χ4v) is 4.36. The summed E-state index contributed by atoms with van der Waals surface area (Å²) < 4.78 is 28.2. The van der Waals surface area contributed by atoms with E-state index in [4.69, 9.17) is 0 Å². The van der Waals surface area contributed by atoms with E-state index in [1.807, 2.05) is 13.8 Å². The molecule has 2 aromatic rings. The van der Waals surface area contributed by atoms with Crippen LogP contribution in [0.25, 0.3) is 0 Å². The third kappa shape index (κ3) is 4.20. The van der Waals surface area contributed by atoms with Crippen LogP contribution in [-0.2, 0) is 19.6 Å². The predicted molar refractivity (Wildman–Crippen MR) is 113 cm³/mol. The number of nitrogens with zero attached hydrogens (tertiary/aromatic N) is 2. The van der Waals surface area contributed by atoms with Crippen LogP contribution in [0.3, 0.4) is 0 Å². The quantitative estimate of drug-likeness (QED) is 0.682. The maximum Gasteiger partial charge on any atom is 0.261 e. The van der Waals surface area contributed by atoms with E-state index in [9.17, 15) is 22.8 Å². The second-order valence-corrected chi connectivity index (χ2v) is 8.43. The minimum absolute atomic E-state index is 0.0459. The Hall–Kier alpha value is -3.20. The van der Waals surface area contributed by atoms with Crippen molar-refractivity contribution in [2.24, 2.45) is 0 Å². The van der Waals surface area contributed by atoms with Crippen molar-refractivity contribution in [3.63, 3.8) is 0 Å². The van der Waals surface area contributed by atoms with Crippen LogP contribution in [0.5, 0.6) is 0 Å². The van der Waals surface area contributed by atoms with Gasteiger partial charge in [0.2, 0.25) is 11.8 Å². The summed E-state index contributed by atoms with van der Waals surface area (Å²) >= 11 is 0. The van der Waals surface area contributed by atoms with Gasteiger partial charge in [-0.2, -0.15) is 0 Å². The van der Waals surface area contributed by atoms with Crippen LogP contribution in [0, 0.1) is 0 Å². The zero-order valence-electron chi connectivity index (χ0n) is 16.8. The highest BCUT2D eigenvalue weighted by molar-refractivity contribution is 7.92. The van der Waals surface area contributed by atoms with Crippen LogP contribution in [-0.4, -0.2) is 44.1 Å². The molecule has 2 aromatic carbocycles. The molecular formula is C21H23N3O5S. The Kier molecular flexibility index (Phi) is 6.21. The largest absolute Gasteiger partial charge is 0.339 e. The third-order valence-corrected chi connectivity index (χ3v) is 6.29. The van der Waals surface area contributed by atoms with Gasteiger partial charge in [0.05, 0.1) is 21.8 Å². The smallest absolute Gasteiger partial charge is 0.261 e. The summed E-state index contributed by atoms with van der Waals surface area (Å²) in [5, 5.41) is 0. The average Bonchev–Trinajstić information content (AvgIpc) is 3.07. The van der Waals surface area contributed by atoms with Crippen molar-refractivity contribution in [1.82, 2.24) is 4.90 Å². The topological polar surface area (TPSA) is 104 Å². The van der Waals surface area contributed by atoms with Crippen molar-refractivity contribution in [3.8, 4) is 0 Å². The summed E-state index contributed by atoms with van der Waals surface area (Å²) in [7, 11) is -3.98. The van der Waals surface area contributed by atoms with Gasteiger partial charge in [-0.1, -0.05) is 12.1 Å². The Bertz CT molecular complexity index is 1060. The summed E-state index contributed by atoms with van der Waals surface area (Å²) in [6.45, 7) is 4.72. The molecule has 3 rings (SSSR count). The van der Waals surface area contributed by atoms with E-state index in [0.717, 1.165) is 4.90 Å². The van der Waals surface area contributed by atoms with Crippen molar-refractivity contribution in [2.45, 2.75) is 31.6 Å². The number of sulfonamides is 1. The molecule has 1 heterocycles. The van der Waals surface area contributed by atoms with Gasteiger partial charge in [-0.25, -0.2) is 8.42 Å². The number of carbonyl (C=O) groups excluding carboxylic acids is 3. The molecule has 158 valence electrons. The summed E-state index contributed by atoms with van der Waals surface area (Å²) in [6, 6.07) is 11.9. The van der Waals surface area contributed by atoms with Crippen molar-refractivity contribution in [3.05, 3.63) is 54.1 Å². The number of imide groups is 1. The van der Waals surface area contributed by atoms with E-state index in [1.54, 1.807) is 23.1 Å². The van der Waals surface area contributed by atoms with Crippen molar-refractivity contribution in [2.75, 3.05) is 22.7 Å². The zero-order chi connectivity index (χ0) is 21.9. The molecule has 1 fully saturated rings. The highest BCUT2D eigenvalue weighted by atomic mass is 32.2. The molecule has 0 aromatic heterocycles. The predicted octanol–water partition coefficient (Wildman–Crippen LogP) is 2.62.